The van der Waals surface area contributed by atoms with E-state index in [1.807, 2.05) is 6.07 Å². The van der Waals surface area contributed by atoms with Crippen molar-refractivity contribution >= 4 is 0 Å². The van der Waals surface area contributed by atoms with Crippen LogP contribution < -0.4 is 0 Å². The van der Waals surface area contributed by atoms with Crippen LogP contribution in [0.1, 0.15) is 12.0 Å². The van der Waals surface area contributed by atoms with Crippen molar-refractivity contribution in [1.29, 1.82) is 0 Å². The molecule has 0 unspecified atom stereocenters. The van der Waals surface area contributed by atoms with Gasteiger partial charge >= 0.3 is 0 Å². The van der Waals surface area contributed by atoms with Crippen molar-refractivity contribution in [2.75, 3.05) is 13.1 Å². The van der Waals surface area contributed by atoms with E-state index in [-0.39, 0.29) is 0 Å². The summed E-state index contributed by atoms with van der Waals surface area (Å²) in [5, 5.41) is 0. The molecule has 0 amide bonds. The van der Waals surface area contributed by atoms with Gasteiger partial charge in [-0.2, -0.15) is 0 Å². The quantitative estimate of drug-likeness (QED) is 0.622. The Bertz CT molecular complexity index is 216. The molecule has 1 aliphatic rings. The maximum Gasteiger partial charge on any atom is 0.0934 e. The molecule has 2 heteroatoms. The average Bonchev–Trinajstić information content (AvgIpc) is 1.99. The molecule has 1 fully saturated rings. The fraction of sp³-hybridized carbons (Fsp3) is 0.444. The largest absolute Gasteiger partial charge is 0.299 e. The SMILES string of the molecule is [c]1ncccc1CN1CCC1. The van der Waals surface area contributed by atoms with E-state index in [0.29, 0.717) is 0 Å². The monoisotopic (exact) mass is 147 g/mol. The first-order valence-corrected chi connectivity index (χ1v) is 3.99. The summed E-state index contributed by atoms with van der Waals surface area (Å²) in [6.07, 6.45) is 6.09. The molecule has 0 atom stereocenters. The summed E-state index contributed by atoms with van der Waals surface area (Å²) in [5.74, 6) is 0. The number of nitrogens with zero attached hydrogens (tertiary/aromatic N) is 2. The van der Waals surface area contributed by atoms with Crippen LogP contribution in [0.2, 0.25) is 0 Å². The Morgan fingerprint density at radius 1 is 1.55 bits per heavy atom. The second kappa shape index (κ2) is 3.01. The van der Waals surface area contributed by atoms with Gasteiger partial charge in [0, 0.05) is 12.7 Å². The van der Waals surface area contributed by atoms with E-state index in [4.69, 9.17) is 0 Å². The van der Waals surface area contributed by atoms with E-state index in [9.17, 15) is 0 Å². The lowest BCUT2D eigenvalue weighted by Crippen LogP contribution is -2.36. The number of aromatic nitrogens is 1. The lowest BCUT2D eigenvalue weighted by Gasteiger charge is -2.30. The van der Waals surface area contributed by atoms with Crippen molar-refractivity contribution < 1.29 is 0 Å². The first-order chi connectivity index (χ1) is 5.45. The molecule has 0 aliphatic carbocycles. The summed E-state index contributed by atoms with van der Waals surface area (Å²) < 4.78 is 0. The average molecular weight is 147 g/mol. The third-order valence-corrected chi connectivity index (χ3v) is 2.01. The van der Waals surface area contributed by atoms with Crippen LogP contribution in [-0.4, -0.2) is 23.0 Å². The van der Waals surface area contributed by atoms with Crippen molar-refractivity contribution in [3.63, 3.8) is 0 Å². The van der Waals surface area contributed by atoms with Crippen molar-refractivity contribution in [1.82, 2.24) is 9.88 Å². The van der Waals surface area contributed by atoms with Crippen LogP contribution in [0.15, 0.2) is 18.3 Å². The number of hydrogen-bond donors (Lipinski definition) is 0. The van der Waals surface area contributed by atoms with Gasteiger partial charge < -0.3 is 0 Å². The van der Waals surface area contributed by atoms with Crippen molar-refractivity contribution in [2.45, 2.75) is 13.0 Å². The number of rotatable bonds is 2. The molecule has 11 heavy (non-hydrogen) atoms. The van der Waals surface area contributed by atoms with Crippen molar-refractivity contribution in [2.24, 2.45) is 0 Å². The van der Waals surface area contributed by atoms with Crippen LogP contribution in [0.5, 0.6) is 0 Å². The van der Waals surface area contributed by atoms with Gasteiger partial charge in [0.15, 0.2) is 0 Å². The minimum atomic E-state index is 1.02. The van der Waals surface area contributed by atoms with Gasteiger partial charge in [-0.1, -0.05) is 6.07 Å². The van der Waals surface area contributed by atoms with Crippen LogP contribution in [0.3, 0.4) is 0 Å². The first kappa shape index (κ1) is 6.80. The highest BCUT2D eigenvalue weighted by atomic mass is 15.2. The second-order valence-corrected chi connectivity index (χ2v) is 2.90. The van der Waals surface area contributed by atoms with E-state index >= 15 is 0 Å². The maximum absolute atomic E-state index is 3.94. The van der Waals surface area contributed by atoms with Gasteiger partial charge in [-0.05, 0) is 31.1 Å². The Balaban J connectivity index is 1.95. The summed E-state index contributed by atoms with van der Waals surface area (Å²) >= 11 is 0. The summed E-state index contributed by atoms with van der Waals surface area (Å²) in [5.41, 5.74) is 1.20. The Kier molecular flexibility index (Phi) is 1.86. The highest BCUT2D eigenvalue weighted by Gasteiger charge is 2.13. The zero-order chi connectivity index (χ0) is 7.52. The zero-order valence-electron chi connectivity index (χ0n) is 6.45. The molecule has 2 nitrogen and oxygen atoms in total. The van der Waals surface area contributed by atoms with Crippen LogP contribution in [0.4, 0.5) is 0 Å². The van der Waals surface area contributed by atoms with Gasteiger partial charge in [-0.3, -0.25) is 9.88 Å². The minimum Gasteiger partial charge on any atom is -0.299 e. The fourth-order valence-electron chi connectivity index (χ4n) is 1.23. The van der Waals surface area contributed by atoms with Gasteiger partial charge in [-0.25, -0.2) is 0 Å². The highest BCUT2D eigenvalue weighted by molar-refractivity contribution is 5.07. The summed E-state index contributed by atoms with van der Waals surface area (Å²) in [6.45, 7) is 3.50. The molecular formula is C9H11N2. The molecule has 1 aromatic rings. The normalized spacial score (nSPS) is 17.8. The molecule has 2 heterocycles. The fourth-order valence-corrected chi connectivity index (χ4v) is 1.23. The smallest absolute Gasteiger partial charge is 0.0934 e. The van der Waals surface area contributed by atoms with Gasteiger partial charge in [0.2, 0.25) is 0 Å². The molecule has 1 aliphatic heterocycles. The van der Waals surface area contributed by atoms with E-state index in [0.717, 1.165) is 6.54 Å². The Morgan fingerprint density at radius 2 is 2.45 bits per heavy atom. The van der Waals surface area contributed by atoms with E-state index in [1.54, 1.807) is 6.20 Å². The number of likely N-dealkylation sites (tertiary alicyclic amines) is 1. The predicted octanol–water partition coefficient (Wildman–Crippen LogP) is 1.09. The van der Waals surface area contributed by atoms with Gasteiger partial charge in [0.1, 0.15) is 0 Å². The standard InChI is InChI=1S/C9H11N2/c1-3-9(7-10-4-1)8-11-5-2-6-11/h1,3-4H,2,5-6,8H2. The second-order valence-electron chi connectivity index (χ2n) is 2.90. The predicted molar refractivity (Wildman–Crippen MR) is 43.0 cm³/mol. The Morgan fingerprint density at radius 3 is 3.00 bits per heavy atom. The zero-order valence-corrected chi connectivity index (χ0v) is 6.45. The van der Waals surface area contributed by atoms with Gasteiger partial charge in [0.25, 0.3) is 0 Å². The van der Waals surface area contributed by atoms with Crippen LogP contribution >= 0.6 is 0 Å². The highest BCUT2D eigenvalue weighted by Crippen LogP contribution is 2.10. The molecule has 1 saturated heterocycles. The lowest BCUT2D eigenvalue weighted by atomic mass is 10.2. The third-order valence-electron chi connectivity index (χ3n) is 2.01. The topological polar surface area (TPSA) is 16.1 Å². The number of pyridine rings is 1. The minimum absolute atomic E-state index is 1.02. The molecule has 0 aromatic carbocycles. The summed E-state index contributed by atoms with van der Waals surface area (Å²) in [6, 6.07) is 4.04. The molecule has 57 valence electrons. The maximum atomic E-state index is 3.94. The first-order valence-electron chi connectivity index (χ1n) is 3.99. The van der Waals surface area contributed by atoms with Crippen molar-refractivity contribution in [3.8, 4) is 0 Å². The summed E-state index contributed by atoms with van der Waals surface area (Å²) in [4.78, 5) is 6.34. The Hall–Kier alpha value is -0.890. The Labute approximate surface area is 66.9 Å². The third kappa shape index (κ3) is 1.57. The summed E-state index contributed by atoms with van der Waals surface area (Å²) in [7, 11) is 0. The van der Waals surface area contributed by atoms with E-state index < -0.39 is 0 Å². The van der Waals surface area contributed by atoms with Gasteiger partial charge in [-0.15, -0.1) is 0 Å². The molecule has 1 aromatic heterocycles. The van der Waals surface area contributed by atoms with Crippen molar-refractivity contribution in [3.05, 3.63) is 30.1 Å². The van der Waals surface area contributed by atoms with Crippen LogP contribution in [0, 0.1) is 6.20 Å². The lowest BCUT2D eigenvalue weighted by molar-refractivity contribution is 0.172. The number of hydrogen-bond acceptors (Lipinski definition) is 2. The van der Waals surface area contributed by atoms with Gasteiger partial charge in [0.05, 0.1) is 6.20 Å². The van der Waals surface area contributed by atoms with E-state index in [1.165, 1.54) is 25.1 Å². The molecule has 0 spiro atoms. The molecule has 0 bridgehead atoms. The molecule has 1 radical (unpaired) electrons. The molecular weight excluding hydrogens is 136 g/mol. The van der Waals surface area contributed by atoms with Crippen LogP contribution in [-0.2, 0) is 6.54 Å². The molecule has 0 saturated carbocycles. The van der Waals surface area contributed by atoms with Crippen LogP contribution in [0.25, 0.3) is 0 Å². The molecule has 0 N–H and O–H groups in total. The van der Waals surface area contributed by atoms with E-state index in [2.05, 4.69) is 22.1 Å². The molecule has 2 rings (SSSR count).